The summed E-state index contributed by atoms with van der Waals surface area (Å²) >= 11 is 0. The van der Waals surface area contributed by atoms with Crippen LogP contribution in [0.3, 0.4) is 0 Å². The Bertz CT molecular complexity index is 506. The normalized spacial score (nSPS) is 23.1. The maximum atomic E-state index is 13.6. The first-order chi connectivity index (χ1) is 7.97. The fraction of sp³-hybridized carbons (Fsp3) is 0.200. The van der Waals surface area contributed by atoms with E-state index < -0.39 is 34.7 Å². The lowest BCUT2D eigenvalue weighted by Crippen LogP contribution is -2.48. The van der Waals surface area contributed by atoms with Crippen molar-refractivity contribution in [1.82, 2.24) is 10.6 Å². The van der Waals surface area contributed by atoms with Crippen molar-refractivity contribution in [2.45, 2.75) is 5.54 Å². The van der Waals surface area contributed by atoms with Gasteiger partial charge in [-0.2, -0.15) is 0 Å². The van der Waals surface area contributed by atoms with E-state index in [1.165, 1.54) is 6.07 Å². The number of carbonyl (C=O) groups is 2. The van der Waals surface area contributed by atoms with Gasteiger partial charge in [0.05, 0.1) is 6.54 Å². The lowest BCUT2D eigenvalue weighted by Gasteiger charge is -2.23. The van der Waals surface area contributed by atoms with Crippen molar-refractivity contribution in [1.29, 1.82) is 0 Å². The maximum Gasteiger partial charge on any atom is 0.336 e. The molecule has 0 spiro atoms. The molecular weight excluding hydrogens is 234 g/mol. The Morgan fingerprint density at radius 3 is 2.65 bits per heavy atom. The highest BCUT2D eigenvalue weighted by molar-refractivity contribution is 5.91. The summed E-state index contributed by atoms with van der Waals surface area (Å²) in [5, 5.41) is 13.4. The molecule has 17 heavy (non-hydrogen) atoms. The number of rotatable bonds is 2. The number of hydrogen-bond acceptors (Lipinski definition) is 2. The molecule has 1 aromatic carbocycles. The van der Waals surface area contributed by atoms with Gasteiger partial charge in [0.25, 0.3) is 0 Å². The number of nitrogens with one attached hydrogen (secondary N) is 2. The molecule has 3 N–H and O–H groups in total. The first kappa shape index (κ1) is 11.3. The number of hydrogen-bond donors (Lipinski definition) is 3. The average molecular weight is 242 g/mol. The van der Waals surface area contributed by atoms with Crippen LogP contribution in [0, 0.1) is 11.6 Å². The Morgan fingerprint density at radius 1 is 1.41 bits per heavy atom. The van der Waals surface area contributed by atoms with Crippen molar-refractivity contribution in [2.24, 2.45) is 0 Å². The molecule has 1 saturated heterocycles. The first-order valence-corrected chi connectivity index (χ1v) is 4.71. The minimum Gasteiger partial charge on any atom is -0.479 e. The van der Waals surface area contributed by atoms with Gasteiger partial charge in [0.2, 0.25) is 0 Å². The van der Waals surface area contributed by atoms with E-state index >= 15 is 0 Å². The summed E-state index contributed by atoms with van der Waals surface area (Å²) in [6.07, 6.45) is 0. The van der Waals surface area contributed by atoms with Crippen LogP contribution in [0.25, 0.3) is 0 Å². The predicted octanol–water partition coefficient (Wildman–Crippen LogP) is 0.558. The summed E-state index contributed by atoms with van der Waals surface area (Å²) in [4.78, 5) is 22.2. The molecule has 5 nitrogen and oxygen atoms in total. The Labute approximate surface area is 94.4 Å². The van der Waals surface area contributed by atoms with Crippen LogP contribution in [0.1, 0.15) is 5.56 Å². The third kappa shape index (κ3) is 1.59. The fourth-order valence-corrected chi connectivity index (χ4v) is 1.74. The number of benzene rings is 1. The second-order valence-electron chi connectivity index (χ2n) is 3.62. The van der Waals surface area contributed by atoms with Gasteiger partial charge < -0.3 is 15.7 Å². The molecule has 1 aliphatic heterocycles. The molecule has 1 fully saturated rings. The molecule has 0 aromatic heterocycles. The minimum atomic E-state index is -1.97. The molecule has 2 amide bonds. The zero-order valence-electron chi connectivity index (χ0n) is 8.46. The van der Waals surface area contributed by atoms with E-state index in [4.69, 9.17) is 5.11 Å². The Hall–Kier alpha value is -2.18. The minimum absolute atomic E-state index is 0.346. The van der Waals surface area contributed by atoms with Crippen LogP contribution in [0.4, 0.5) is 13.6 Å². The molecule has 0 saturated carbocycles. The Kier molecular flexibility index (Phi) is 2.45. The Balaban J connectivity index is 2.58. The largest absolute Gasteiger partial charge is 0.479 e. The third-order valence-electron chi connectivity index (χ3n) is 2.62. The van der Waals surface area contributed by atoms with Crippen molar-refractivity contribution in [3.8, 4) is 0 Å². The zero-order chi connectivity index (χ0) is 12.6. The van der Waals surface area contributed by atoms with E-state index in [2.05, 4.69) is 10.6 Å². The van der Waals surface area contributed by atoms with E-state index in [9.17, 15) is 18.4 Å². The molecule has 1 heterocycles. The van der Waals surface area contributed by atoms with Gasteiger partial charge in [-0.1, -0.05) is 12.1 Å². The van der Waals surface area contributed by atoms with E-state index in [0.717, 1.165) is 12.1 Å². The smallest absolute Gasteiger partial charge is 0.336 e. The number of carbonyl (C=O) groups excluding carboxylic acids is 1. The number of carboxylic acid groups (broad SMARTS) is 1. The van der Waals surface area contributed by atoms with Gasteiger partial charge in [0.1, 0.15) is 0 Å². The SMILES string of the molecule is O=C1NCC(C(=O)O)(c2cccc(F)c2F)N1. The van der Waals surface area contributed by atoms with Gasteiger partial charge in [-0.15, -0.1) is 0 Å². The fourth-order valence-electron chi connectivity index (χ4n) is 1.74. The number of carboxylic acids is 1. The quantitative estimate of drug-likeness (QED) is 0.709. The summed E-state index contributed by atoms with van der Waals surface area (Å²) in [5.41, 5.74) is -2.38. The Morgan fingerprint density at radius 2 is 2.12 bits per heavy atom. The van der Waals surface area contributed by atoms with Gasteiger partial charge >= 0.3 is 12.0 Å². The summed E-state index contributed by atoms with van der Waals surface area (Å²) in [5.74, 6) is -3.90. The summed E-state index contributed by atoms with van der Waals surface area (Å²) in [6.45, 7) is -0.346. The highest BCUT2D eigenvalue weighted by Crippen LogP contribution is 2.27. The molecule has 1 unspecified atom stereocenters. The van der Waals surface area contributed by atoms with E-state index in [-0.39, 0.29) is 6.54 Å². The van der Waals surface area contributed by atoms with Gasteiger partial charge in [0, 0.05) is 5.56 Å². The number of urea groups is 1. The van der Waals surface area contributed by atoms with Crippen molar-refractivity contribution >= 4 is 12.0 Å². The summed E-state index contributed by atoms with van der Waals surface area (Å²) < 4.78 is 26.6. The second kappa shape index (κ2) is 3.69. The monoisotopic (exact) mass is 242 g/mol. The molecule has 1 atom stereocenters. The van der Waals surface area contributed by atoms with Gasteiger partial charge in [-0.05, 0) is 6.07 Å². The molecule has 0 radical (unpaired) electrons. The van der Waals surface area contributed by atoms with Gasteiger partial charge in [-0.25, -0.2) is 18.4 Å². The van der Waals surface area contributed by atoms with Crippen LogP contribution in [0.15, 0.2) is 18.2 Å². The molecule has 0 aliphatic carbocycles. The van der Waals surface area contributed by atoms with Crippen LogP contribution < -0.4 is 10.6 Å². The first-order valence-electron chi connectivity index (χ1n) is 4.71. The van der Waals surface area contributed by atoms with Gasteiger partial charge in [0.15, 0.2) is 17.2 Å². The van der Waals surface area contributed by atoms with Crippen molar-refractivity contribution in [2.75, 3.05) is 6.54 Å². The average Bonchev–Trinajstić information content (AvgIpc) is 2.66. The molecule has 0 bridgehead atoms. The summed E-state index contributed by atoms with van der Waals surface area (Å²) in [6, 6.07) is 2.44. The third-order valence-corrected chi connectivity index (χ3v) is 2.62. The number of aliphatic carboxylic acids is 1. The van der Waals surface area contributed by atoms with E-state index in [0.29, 0.717) is 0 Å². The van der Waals surface area contributed by atoms with Crippen molar-refractivity contribution in [3.05, 3.63) is 35.4 Å². The number of amides is 2. The summed E-state index contributed by atoms with van der Waals surface area (Å²) in [7, 11) is 0. The van der Waals surface area contributed by atoms with Crippen LogP contribution >= 0.6 is 0 Å². The topological polar surface area (TPSA) is 78.4 Å². The highest BCUT2D eigenvalue weighted by atomic mass is 19.2. The van der Waals surface area contributed by atoms with Crippen LogP contribution in [0.2, 0.25) is 0 Å². The van der Waals surface area contributed by atoms with Crippen LogP contribution in [-0.4, -0.2) is 23.7 Å². The molecule has 2 rings (SSSR count). The second-order valence-corrected chi connectivity index (χ2v) is 3.62. The molecular formula is C10H8F2N2O3. The lowest BCUT2D eigenvalue weighted by molar-refractivity contribution is -0.144. The number of halogens is 2. The molecule has 7 heteroatoms. The molecule has 1 aromatic rings. The maximum absolute atomic E-state index is 13.6. The molecule has 90 valence electrons. The van der Waals surface area contributed by atoms with Crippen molar-refractivity contribution in [3.63, 3.8) is 0 Å². The van der Waals surface area contributed by atoms with E-state index in [1.807, 2.05) is 0 Å². The highest BCUT2D eigenvalue weighted by Gasteiger charge is 2.48. The van der Waals surface area contributed by atoms with E-state index in [1.54, 1.807) is 0 Å². The van der Waals surface area contributed by atoms with Crippen LogP contribution in [-0.2, 0) is 10.3 Å². The van der Waals surface area contributed by atoms with Crippen molar-refractivity contribution < 1.29 is 23.5 Å². The van der Waals surface area contributed by atoms with Crippen LogP contribution in [0.5, 0.6) is 0 Å². The van der Waals surface area contributed by atoms with Gasteiger partial charge in [-0.3, -0.25) is 0 Å². The molecule has 1 aliphatic rings. The lowest BCUT2D eigenvalue weighted by atomic mass is 9.90. The predicted molar refractivity (Wildman–Crippen MR) is 52.2 cm³/mol. The standard InChI is InChI=1S/C10H8F2N2O3/c11-6-3-1-2-5(7(6)12)10(8(15)16)4-13-9(17)14-10/h1-3H,4H2,(H,15,16)(H2,13,14,17). The zero-order valence-corrected chi connectivity index (χ0v) is 8.46.